The van der Waals surface area contributed by atoms with Gasteiger partial charge < -0.3 is 11.1 Å². The van der Waals surface area contributed by atoms with Crippen molar-refractivity contribution in [3.63, 3.8) is 0 Å². The van der Waals surface area contributed by atoms with E-state index in [4.69, 9.17) is 5.73 Å². The lowest BCUT2D eigenvalue weighted by molar-refractivity contribution is -0.115. The van der Waals surface area contributed by atoms with E-state index in [2.05, 4.69) is 17.2 Å². The number of thiophene rings is 1. The molecule has 3 nitrogen and oxygen atoms in total. The van der Waals surface area contributed by atoms with E-state index in [-0.39, 0.29) is 24.4 Å². The number of carbonyl (C=O) groups excluding carboxylic acids is 1. The molecule has 0 atom stereocenters. The molecule has 3 N–H and O–H groups in total. The Morgan fingerprint density at radius 1 is 1.40 bits per heavy atom. The molecule has 0 saturated heterocycles. The van der Waals surface area contributed by atoms with E-state index in [1.54, 1.807) is 6.07 Å². The van der Waals surface area contributed by atoms with Crippen molar-refractivity contribution in [3.05, 3.63) is 52.0 Å². The Kier molecular flexibility index (Phi) is 4.88. The van der Waals surface area contributed by atoms with Crippen LogP contribution in [0.2, 0.25) is 0 Å². The number of carbonyl (C=O) groups is 1. The molecule has 0 aliphatic heterocycles. The quantitative estimate of drug-likeness (QED) is 0.852. The van der Waals surface area contributed by atoms with Crippen molar-refractivity contribution in [2.45, 2.75) is 6.42 Å². The van der Waals surface area contributed by atoms with Crippen molar-refractivity contribution in [1.82, 2.24) is 0 Å². The molecule has 0 aliphatic rings. The molecule has 0 bridgehead atoms. The SMILES string of the molecule is NCC#Cc1ccc(NC(=O)Cc2ccsc2)cc1F. The second kappa shape index (κ2) is 6.85. The highest BCUT2D eigenvalue weighted by molar-refractivity contribution is 7.08. The molecule has 1 aromatic heterocycles. The molecule has 5 heteroatoms. The van der Waals surface area contributed by atoms with Gasteiger partial charge in [0.15, 0.2) is 0 Å². The molecule has 0 unspecified atom stereocenters. The van der Waals surface area contributed by atoms with Crippen LogP contribution in [0.25, 0.3) is 0 Å². The third-order valence-corrected chi connectivity index (χ3v) is 3.25. The predicted molar refractivity (Wildman–Crippen MR) is 79.0 cm³/mol. The molecule has 0 fully saturated rings. The standard InChI is InChI=1S/C15H13FN2OS/c16-14-9-13(4-3-12(14)2-1-6-17)18-15(19)8-11-5-7-20-10-11/h3-5,7,9-10H,6,8,17H2,(H,18,19). The van der Waals surface area contributed by atoms with Crippen LogP contribution in [0, 0.1) is 17.7 Å². The van der Waals surface area contributed by atoms with Gasteiger partial charge in [-0.15, -0.1) is 0 Å². The zero-order valence-electron chi connectivity index (χ0n) is 10.7. The minimum absolute atomic E-state index is 0.177. The fourth-order valence-electron chi connectivity index (χ4n) is 1.62. The minimum atomic E-state index is -0.473. The molecule has 2 aromatic rings. The van der Waals surface area contributed by atoms with Crippen LogP contribution in [-0.4, -0.2) is 12.5 Å². The number of nitrogens with two attached hydrogens (primary N) is 1. The van der Waals surface area contributed by atoms with Gasteiger partial charge in [-0.05, 0) is 40.6 Å². The summed E-state index contributed by atoms with van der Waals surface area (Å²) in [6.07, 6.45) is 0.278. The lowest BCUT2D eigenvalue weighted by Gasteiger charge is -2.05. The van der Waals surface area contributed by atoms with Crippen molar-refractivity contribution in [1.29, 1.82) is 0 Å². The van der Waals surface area contributed by atoms with Gasteiger partial charge in [-0.2, -0.15) is 11.3 Å². The van der Waals surface area contributed by atoms with Gasteiger partial charge in [0.05, 0.1) is 18.5 Å². The fraction of sp³-hybridized carbons (Fsp3) is 0.133. The maximum atomic E-state index is 13.7. The summed E-state index contributed by atoms with van der Waals surface area (Å²) in [5, 5.41) is 6.48. The average Bonchev–Trinajstić information content (AvgIpc) is 2.90. The number of hydrogen-bond acceptors (Lipinski definition) is 3. The molecule has 0 aliphatic carbocycles. The molecule has 2 rings (SSSR count). The number of nitrogens with one attached hydrogen (secondary N) is 1. The van der Waals surface area contributed by atoms with Crippen LogP contribution in [0.3, 0.4) is 0 Å². The summed E-state index contributed by atoms with van der Waals surface area (Å²) in [4.78, 5) is 11.8. The highest BCUT2D eigenvalue weighted by atomic mass is 32.1. The van der Waals surface area contributed by atoms with Crippen molar-refractivity contribution in [3.8, 4) is 11.8 Å². The summed E-state index contributed by atoms with van der Waals surface area (Å²) >= 11 is 1.53. The first-order chi connectivity index (χ1) is 9.69. The van der Waals surface area contributed by atoms with Crippen molar-refractivity contribution in [2.75, 3.05) is 11.9 Å². The van der Waals surface area contributed by atoms with E-state index in [1.165, 1.54) is 23.5 Å². The predicted octanol–water partition coefficient (Wildman–Crippen LogP) is 2.38. The van der Waals surface area contributed by atoms with Crippen LogP contribution in [0.4, 0.5) is 10.1 Å². The first-order valence-corrected chi connectivity index (χ1v) is 6.92. The first-order valence-electron chi connectivity index (χ1n) is 5.98. The highest BCUT2D eigenvalue weighted by Crippen LogP contribution is 2.15. The van der Waals surface area contributed by atoms with Gasteiger partial charge in [0.2, 0.25) is 5.91 Å². The van der Waals surface area contributed by atoms with E-state index >= 15 is 0 Å². The van der Waals surface area contributed by atoms with Gasteiger partial charge in [-0.3, -0.25) is 4.79 Å². The Balaban J connectivity index is 2.03. The van der Waals surface area contributed by atoms with E-state index in [1.807, 2.05) is 16.8 Å². The molecule has 1 aromatic carbocycles. The highest BCUT2D eigenvalue weighted by Gasteiger charge is 2.06. The minimum Gasteiger partial charge on any atom is -0.326 e. The third kappa shape index (κ3) is 3.92. The number of rotatable bonds is 3. The second-order valence-corrected chi connectivity index (χ2v) is 4.84. The third-order valence-electron chi connectivity index (χ3n) is 2.52. The van der Waals surface area contributed by atoms with Gasteiger partial charge in [0.1, 0.15) is 5.82 Å². The molecule has 20 heavy (non-hydrogen) atoms. The van der Waals surface area contributed by atoms with Crippen LogP contribution in [0.5, 0.6) is 0 Å². The summed E-state index contributed by atoms with van der Waals surface area (Å²) in [6.45, 7) is 0.179. The largest absolute Gasteiger partial charge is 0.326 e. The molecule has 0 radical (unpaired) electrons. The average molecular weight is 288 g/mol. The zero-order valence-corrected chi connectivity index (χ0v) is 11.5. The van der Waals surface area contributed by atoms with Crippen LogP contribution >= 0.6 is 11.3 Å². The number of hydrogen-bond donors (Lipinski definition) is 2. The monoisotopic (exact) mass is 288 g/mol. The summed E-state index contributed by atoms with van der Waals surface area (Å²) in [5.41, 5.74) is 6.86. The van der Waals surface area contributed by atoms with Crippen molar-refractivity contribution < 1.29 is 9.18 Å². The maximum Gasteiger partial charge on any atom is 0.228 e. The Morgan fingerprint density at radius 2 is 2.25 bits per heavy atom. The van der Waals surface area contributed by atoms with Crippen molar-refractivity contribution in [2.24, 2.45) is 5.73 Å². The number of anilines is 1. The maximum absolute atomic E-state index is 13.7. The van der Waals surface area contributed by atoms with E-state index in [0.29, 0.717) is 5.69 Å². The van der Waals surface area contributed by atoms with Crippen LogP contribution in [0.1, 0.15) is 11.1 Å². The first kappa shape index (κ1) is 14.3. The number of amides is 1. The van der Waals surface area contributed by atoms with E-state index < -0.39 is 5.82 Å². The zero-order chi connectivity index (χ0) is 14.4. The molecule has 0 spiro atoms. The second-order valence-electron chi connectivity index (χ2n) is 4.06. The molecule has 102 valence electrons. The topological polar surface area (TPSA) is 55.1 Å². The van der Waals surface area contributed by atoms with Gasteiger partial charge in [-0.25, -0.2) is 4.39 Å². The van der Waals surface area contributed by atoms with Crippen LogP contribution in [0.15, 0.2) is 35.0 Å². The molecule has 1 amide bonds. The van der Waals surface area contributed by atoms with Gasteiger partial charge in [0.25, 0.3) is 0 Å². The van der Waals surface area contributed by atoms with Gasteiger partial charge in [-0.1, -0.05) is 11.8 Å². The Labute approximate surface area is 120 Å². The number of halogens is 1. The number of benzene rings is 1. The summed E-state index contributed by atoms with van der Waals surface area (Å²) < 4.78 is 13.7. The summed E-state index contributed by atoms with van der Waals surface area (Å²) in [5.74, 6) is 4.56. The lowest BCUT2D eigenvalue weighted by Crippen LogP contribution is -2.14. The Morgan fingerprint density at radius 3 is 2.90 bits per heavy atom. The van der Waals surface area contributed by atoms with E-state index in [0.717, 1.165) is 5.56 Å². The van der Waals surface area contributed by atoms with Gasteiger partial charge in [0, 0.05) is 5.69 Å². The normalized spacial score (nSPS) is 9.70. The summed E-state index contributed by atoms with van der Waals surface area (Å²) in [6, 6.07) is 6.29. The van der Waals surface area contributed by atoms with Crippen LogP contribution < -0.4 is 11.1 Å². The molecular formula is C15H13FN2OS. The van der Waals surface area contributed by atoms with Gasteiger partial charge >= 0.3 is 0 Å². The van der Waals surface area contributed by atoms with E-state index in [9.17, 15) is 9.18 Å². The smallest absolute Gasteiger partial charge is 0.228 e. The fourth-order valence-corrected chi connectivity index (χ4v) is 2.29. The lowest BCUT2D eigenvalue weighted by atomic mass is 10.2. The molecule has 0 saturated carbocycles. The molecular weight excluding hydrogens is 275 g/mol. The Hall–Kier alpha value is -2.16. The molecule has 1 heterocycles. The van der Waals surface area contributed by atoms with Crippen molar-refractivity contribution >= 4 is 22.9 Å². The summed E-state index contributed by atoms with van der Waals surface area (Å²) in [7, 11) is 0. The van der Waals surface area contributed by atoms with Crippen LogP contribution in [-0.2, 0) is 11.2 Å². The Bertz CT molecular complexity index is 656.